The summed E-state index contributed by atoms with van der Waals surface area (Å²) < 4.78 is 32.0. The minimum absolute atomic E-state index is 0.0200. The molecule has 5 nitrogen and oxygen atoms in total. The molecule has 0 atom stereocenters. The standard InChI is InChI=1S/C9H14BrNO4S2/c10-8-2-7-16-9(8)17(13,14)11-3-1-5-15-6-4-12/h2,7,11-12H,1,3-6H2. The first kappa shape index (κ1) is 15.1. The molecule has 98 valence electrons. The Morgan fingerprint density at radius 3 is 2.82 bits per heavy atom. The molecule has 0 saturated carbocycles. The molecule has 0 saturated heterocycles. The first-order valence-electron chi connectivity index (χ1n) is 4.99. The van der Waals surface area contributed by atoms with Crippen molar-refractivity contribution in [2.45, 2.75) is 10.6 Å². The van der Waals surface area contributed by atoms with E-state index < -0.39 is 10.0 Å². The highest BCUT2D eigenvalue weighted by Crippen LogP contribution is 2.27. The summed E-state index contributed by atoms with van der Waals surface area (Å²) in [6.07, 6.45) is 0.572. The number of sulfonamides is 1. The van der Waals surface area contributed by atoms with E-state index in [-0.39, 0.29) is 17.4 Å². The molecule has 0 radical (unpaired) electrons. The minimum atomic E-state index is -3.42. The molecular weight excluding hydrogens is 330 g/mol. The number of hydrogen-bond acceptors (Lipinski definition) is 5. The van der Waals surface area contributed by atoms with Crippen molar-refractivity contribution in [2.75, 3.05) is 26.4 Å². The van der Waals surface area contributed by atoms with E-state index in [1.165, 1.54) is 11.3 Å². The van der Waals surface area contributed by atoms with Gasteiger partial charge < -0.3 is 9.84 Å². The van der Waals surface area contributed by atoms with Gasteiger partial charge in [-0.15, -0.1) is 11.3 Å². The van der Waals surface area contributed by atoms with Crippen LogP contribution in [0, 0.1) is 0 Å². The Balaban J connectivity index is 2.34. The average molecular weight is 344 g/mol. The van der Waals surface area contributed by atoms with Crippen molar-refractivity contribution in [3.8, 4) is 0 Å². The Morgan fingerprint density at radius 2 is 2.24 bits per heavy atom. The number of thiophene rings is 1. The second-order valence-electron chi connectivity index (χ2n) is 3.14. The van der Waals surface area contributed by atoms with E-state index in [9.17, 15) is 8.42 Å². The van der Waals surface area contributed by atoms with Gasteiger partial charge in [0.15, 0.2) is 0 Å². The van der Waals surface area contributed by atoms with E-state index >= 15 is 0 Å². The van der Waals surface area contributed by atoms with E-state index in [1.54, 1.807) is 11.4 Å². The van der Waals surface area contributed by atoms with E-state index in [0.717, 1.165) is 0 Å². The van der Waals surface area contributed by atoms with Crippen LogP contribution < -0.4 is 4.72 Å². The lowest BCUT2D eigenvalue weighted by atomic mass is 10.5. The zero-order chi connectivity index (χ0) is 12.7. The molecule has 0 amide bonds. The van der Waals surface area contributed by atoms with Crippen LogP contribution >= 0.6 is 27.3 Å². The maximum absolute atomic E-state index is 11.8. The molecule has 0 aliphatic rings. The second-order valence-corrected chi connectivity index (χ2v) is 6.88. The van der Waals surface area contributed by atoms with Gasteiger partial charge in [-0.05, 0) is 33.8 Å². The van der Waals surface area contributed by atoms with Gasteiger partial charge in [-0.2, -0.15) is 0 Å². The number of aliphatic hydroxyl groups excluding tert-OH is 1. The lowest BCUT2D eigenvalue weighted by Gasteiger charge is -2.05. The predicted octanol–water partition coefficient (Wildman–Crippen LogP) is 1.19. The largest absolute Gasteiger partial charge is 0.394 e. The van der Waals surface area contributed by atoms with Gasteiger partial charge in [0.1, 0.15) is 4.21 Å². The van der Waals surface area contributed by atoms with E-state index in [4.69, 9.17) is 9.84 Å². The quantitative estimate of drug-likeness (QED) is 0.695. The summed E-state index contributed by atoms with van der Waals surface area (Å²) >= 11 is 4.35. The van der Waals surface area contributed by atoms with Crippen molar-refractivity contribution in [1.29, 1.82) is 0 Å². The van der Waals surface area contributed by atoms with Gasteiger partial charge in [0.25, 0.3) is 10.0 Å². The lowest BCUT2D eigenvalue weighted by Crippen LogP contribution is -2.25. The summed E-state index contributed by atoms with van der Waals surface area (Å²) in [6.45, 7) is 1.00. The van der Waals surface area contributed by atoms with Crippen LogP contribution in [0.3, 0.4) is 0 Å². The summed E-state index contributed by atoms with van der Waals surface area (Å²) in [4.78, 5) is 0. The predicted molar refractivity (Wildman–Crippen MR) is 69.7 cm³/mol. The molecule has 0 spiro atoms. The summed E-state index contributed by atoms with van der Waals surface area (Å²) in [5.74, 6) is 0. The van der Waals surface area contributed by atoms with Gasteiger partial charge in [-0.1, -0.05) is 0 Å². The first-order valence-corrected chi connectivity index (χ1v) is 8.15. The van der Waals surface area contributed by atoms with Gasteiger partial charge in [0.2, 0.25) is 0 Å². The second kappa shape index (κ2) is 7.45. The molecule has 0 aliphatic heterocycles. The third-order valence-electron chi connectivity index (χ3n) is 1.82. The van der Waals surface area contributed by atoms with E-state index in [2.05, 4.69) is 20.7 Å². The van der Waals surface area contributed by atoms with Crippen LogP contribution in [0.5, 0.6) is 0 Å². The third kappa shape index (κ3) is 5.02. The van der Waals surface area contributed by atoms with Gasteiger partial charge in [-0.25, -0.2) is 13.1 Å². The van der Waals surface area contributed by atoms with Crippen molar-refractivity contribution in [3.05, 3.63) is 15.9 Å². The highest BCUT2D eigenvalue weighted by molar-refractivity contribution is 9.10. The molecule has 0 unspecified atom stereocenters. The van der Waals surface area contributed by atoms with Crippen LogP contribution in [0.15, 0.2) is 20.1 Å². The monoisotopic (exact) mass is 343 g/mol. The molecule has 0 aliphatic carbocycles. The smallest absolute Gasteiger partial charge is 0.251 e. The number of rotatable bonds is 8. The molecule has 1 aromatic rings. The highest BCUT2D eigenvalue weighted by Gasteiger charge is 2.18. The number of hydrogen-bond donors (Lipinski definition) is 2. The topological polar surface area (TPSA) is 75.6 Å². The fourth-order valence-corrected chi connectivity index (χ4v) is 4.54. The zero-order valence-corrected chi connectivity index (χ0v) is 12.3. The molecule has 2 N–H and O–H groups in total. The van der Waals surface area contributed by atoms with Crippen LogP contribution in [-0.2, 0) is 14.8 Å². The maximum Gasteiger partial charge on any atom is 0.251 e. The molecule has 17 heavy (non-hydrogen) atoms. The Hall–Kier alpha value is 0.01000. The molecule has 8 heteroatoms. The summed E-state index contributed by atoms with van der Waals surface area (Å²) in [5.41, 5.74) is 0. The van der Waals surface area contributed by atoms with Crippen molar-refractivity contribution >= 4 is 37.3 Å². The fourth-order valence-electron chi connectivity index (χ4n) is 1.08. The van der Waals surface area contributed by atoms with Crippen LogP contribution in [0.1, 0.15) is 6.42 Å². The Labute approximate surface area is 113 Å². The van der Waals surface area contributed by atoms with Crippen molar-refractivity contribution in [3.63, 3.8) is 0 Å². The Morgan fingerprint density at radius 1 is 1.47 bits per heavy atom. The zero-order valence-electron chi connectivity index (χ0n) is 9.06. The molecule has 0 aromatic carbocycles. The van der Waals surface area contributed by atoms with Crippen molar-refractivity contribution in [2.24, 2.45) is 0 Å². The van der Waals surface area contributed by atoms with Gasteiger partial charge >= 0.3 is 0 Å². The van der Waals surface area contributed by atoms with Crippen LogP contribution in [-0.4, -0.2) is 39.9 Å². The molecule has 1 rings (SSSR count). The molecule has 1 heterocycles. The summed E-state index contributed by atoms with van der Waals surface area (Å²) in [6, 6.07) is 1.70. The van der Waals surface area contributed by atoms with Gasteiger partial charge in [0, 0.05) is 17.6 Å². The Bertz CT molecular complexity index is 432. The summed E-state index contributed by atoms with van der Waals surface area (Å²) in [5, 5.41) is 10.2. The van der Waals surface area contributed by atoms with Crippen LogP contribution in [0.2, 0.25) is 0 Å². The normalized spacial score (nSPS) is 11.9. The molecule has 0 fully saturated rings. The number of aliphatic hydroxyl groups is 1. The van der Waals surface area contributed by atoms with Crippen LogP contribution in [0.25, 0.3) is 0 Å². The van der Waals surface area contributed by atoms with Crippen LogP contribution in [0.4, 0.5) is 0 Å². The third-order valence-corrected chi connectivity index (χ3v) is 5.95. The Kier molecular flexibility index (Phi) is 6.60. The minimum Gasteiger partial charge on any atom is -0.394 e. The van der Waals surface area contributed by atoms with E-state index in [0.29, 0.717) is 24.0 Å². The number of halogens is 1. The highest BCUT2D eigenvalue weighted by atomic mass is 79.9. The number of nitrogens with one attached hydrogen (secondary N) is 1. The SMILES string of the molecule is O=S(=O)(NCCCOCCO)c1sccc1Br. The van der Waals surface area contributed by atoms with E-state index in [1.807, 2.05) is 0 Å². The fraction of sp³-hybridized carbons (Fsp3) is 0.556. The molecule has 0 bridgehead atoms. The maximum atomic E-state index is 11.8. The van der Waals surface area contributed by atoms with Gasteiger partial charge in [-0.3, -0.25) is 0 Å². The van der Waals surface area contributed by atoms with Crippen molar-refractivity contribution < 1.29 is 18.3 Å². The average Bonchev–Trinajstić information content (AvgIpc) is 2.70. The first-order chi connectivity index (χ1) is 8.08. The molecular formula is C9H14BrNO4S2. The van der Waals surface area contributed by atoms with Crippen molar-refractivity contribution in [1.82, 2.24) is 4.72 Å². The number of ether oxygens (including phenoxy) is 1. The lowest BCUT2D eigenvalue weighted by molar-refractivity contribution is 0.0913. The molecule has 1 aromatic heterocycles. The van der Waals surface area contributed by atoms with Gasteiger partial charge in [0.05, 0.1) is 13.2 Å². The summed E-state index contributed by atoms with van der Waals surface area (Å²) in [7, 11) is -3.42.